The maximum absolute atomic E-state index is 13.1. The predicted octanol–water partition coefficient (Wildman–Crippen LogP) is 3.75. The van der Waals surface area contributed by atoms with Crippen LogP contribution in [0.3, 0.4) is 0 Å². The summed E-state index contributed by atoms with van der Waals surface area (Å²) in [4.78, 5) is 11.4. The smallest absolute Gasteiger partial charge is 0.337 e. The molecule has 0 fully saturated rings. The summed E-state index contributed by atoms with van der Waals surface area (Å²) >= 11 is 3.07. The van der Waals surface area contributed by atoms with Crippen LogP contribution in [0.15, 0.2) is 40.9 Å². The van der Waals surface area contributed by atoms with Crippen molar-refractivity contribution in [3.8, 4) is 11.5 Å². The average molecular weight is 340 g/mol. The highest BCUT2D eigenvalue weighted by molar-refractivity contribution is 9.10. The average Bonchev–Trinajstić information content (AvgIpc) is 2.44. The summed E-state index contributed by atoms with van der Waals surface area (Å²) in [6.07, 6.45) is 0. The van der Waals surface area contributed by atoms with E-state index in [0.29, 0.717) is 21.5 Å². The van der Waals surface area contributed by atoms with E-state index in [1.54, 1.807) is 6.07 Å². The van der Waals surface area contributed by atoms with Gasteiger partial charge in [0.15, 0.2) is 0 Å². The van der Waals surface area contributed by atoms with E-state index in [-0.39, 0.29) is 11.5 Å². The van der Waals surface area contributed by atoms with E-state index in [1.807, 2.05) is 0 Å². The van der Waals surface area contributed by atoms with Gasteiger partial charge in [-0.2, -0.15) is 0 Å². The van der Waals surface area contributed by atoms with Gasteiger partial charge < -0.3 is 15.2 Å². The SMILES string of the molecule is COC(=O)c1ccc(Oc2ccc(F)c(Br)c2)c(N)c1. The summed E-state index contributed by atoms with van der Waals surface area (Å²) in [5, 5.41) is 0. The highest BCUT2D eigenvalue weighted by Gasteiger charge is 2.10. The van der Waals surface area contributed by atoms with Crippen LogP contribution >= 0.6 is 15.9 Å². The molecule has 0 spiro atoms. The van der Waals surface area contributed by atoms with Crippen LogP contribution in [-0.4, -0.2) is 13.1 Å². The van der Waals surface area contributed by atoms with Crippen molar-refractivity contribution in [2.45, 2.75) is 0 Å². The van der Waals surface area contributed by atoms with Crippen molar-refractivity contribution in [3.63, 3.8) is 0 Å². The number of benzene rings is 2. The molecule has 0 aromatic heterocycles. The molecular formula is C14H11BrFNO3. The molecule has 0 aliphatic heterocycles. The Morgan fingerprint density at radius 2 is 2.00 bits per heavy atom. The van der Waals surface area contributed by atoms with Crippen molar-refractivity contribution in [2.75, 3.05) is 12.8 Å². The van der Waals surface area contributed by atoms with Gasteiger partial charge in [0.2, 0.25) is 0 Å². The number of carbonyl (C=O) groups is 1. The number of esters is 1. The Balaban J connectivity index is 2.25. The van der Waals surface area contributed by atoms with E-state index in [9.17, 15) is 9.18 Å². The minimum atomic E-state index is -0.479. The van der Waals surface area contributed by atoms with Gasteiger partial charge in [0.25, 0.3) is 0 Å². The van der Waals surface area contributed by atoms with Crippen molar-refractivity contribution in [1.82, 2.24) is 0 Å². The molecule has 0 amide bonds. The molecule has 0 heterocycles. The summed E-state index contributed by atoms with van der Waals surface area (Å²) in [6.45, 7) is 0. The minimum Gasteiger partial charge on any atom is -0.465 e. The molecule has 0 bridgehead atoms. The third kappa shape index (κ3) is 3.08. The quantitative estimate of drug-likeness (QED) is 0.683. The lowest BCUT2D eigenvalue weighted by Crippen LogP contribution is -2.02. The lowest BCUT2D eigenvalue weighted by atomic mass is 10.2. The Morgan fingerprint density at radius 3 is 2.60 bits per heavy atom. The molecule has 0 unspecified atom stereocenters. The predicted molar refractivity (Wildman–Crippen MR) is 76.4 cm³/mol. The summed E-state index contributed by atoms with van der Waals surface area (Å²) in [6, 6.07) is 8.80. The lowest BCUT2D eigenvalue weighted by Gasteiger charge is -2.10. The Morgan fingerprint density at radius 1 is 1.25 bits per heavy atom. The van der Waals surface area contributed by atoms with Gasteiger partial charge in [0, 0.05) is 0 Å². The topological polar surface area (TPSA) is 61.5 Å². The highest BCUT2D eigenvalue weighted by atomic mass is 79.9. The highest BCUT2D eigenvalue weighted by Crippen LogP contribution is 2.30. The first-order chi connectivity index (χ1) is 9.51. The lowest BCUT2D eigenvalue weighted by molar-refractivity contribution is 0.0601. The largest absolute Gasteiger partial charge is 0.465 e. The van der Waals surface area contributed by atoms with Crippen molar-refractivity contribution in [2.24, 2.45) is 0 Å². The van der Waals surface area contributed by atoms with Crippen LogP contribution in [0.2, 0.25) is 0 Å². The van der Waals surface area contributed by atoms with Crippen molar-refractivity contribution < 1.29 is 18.7 Å². The molecule has 4 nitrogen and oxygen atoms in total. The summed E-state index contributed by atoms with van der Waals surface area (Å²) in [5.74, 6) is -0.0638. The number of halogens is 2. The fraction of sp³-hybridized carbons (Fsp3) is 0.0714. The number of hydrogen-bond donors (Lipinski definition) is 1. The molecule has 20 heavy (non-hydrogen) atoms. The second kappa shape index (κ2) is 5.92. The normalized spacial score (nSPS) is 10.2. The van der Waals surface area contributed by atoms with Crippen LogP contribution < -0.4 is 10.5 Å². The first-order valence-electron chi connectivity index (χ1n) is 5.62. The Labute approximate surface area is 123 Å². The summed E-state index contributed by atoms with van der Waals surface area (Å²) < 4.78 is 23.5. The van der Waals surface area contributed by atoms with Crippen LogP contribution in [0.1, 0.15) is 10.4 Å². The Bertz CT molecular complexity index is 661. The molecule has 104 valence electrons. The van der Waals surface area contributed by atoms with Crippen LogP contribution in [0, 0.1) is 5.82 Å². The maximum Gasteiger partial charge on any atom is 0.337 e. The van der Waals surface area contributed by atoms with Crippen molar-refractivity contribution >= 4 is 27.6 Å². The second-order valence-corrected chi connectivity index (χ2v) is 4.78. The van der Waals surface area contributed by atoms with Gasteiger partial charge >= 0.3 is 5.97 Å². The number of hydrogen-bond acceptors (Lipinski definition) is 4. The molecule has 2 aromatic rings. The van der Waals surface area contributed by atoms with Gasteiger partial charge in [-0.1, -0.05) is 0 Å². The van der Waals surface area contributed by atoms with Gasteiger partial charge in [-0.15, -0.1) is 0 Å². The number of nitrogens with two attached hydrogens (primary N) is 1. The fourth-order valence-corrected chi connectivity index (χ4v) is 1.91. The number of methoxy groups -OCH3 is 1. The maximum atomic E-state index is 13.1. The third-order valence-electron chi connectivity index (χ3n) is 2.55. The summed E-state index contributed by atoms with van der Waals surface area (Å²) in [5.41, 5.74) is 6.43. The number of carbonyl (C=O) groups excluding carboxylic acids is 1. The molecular weight excluding hydrogens is 329 g/mol. The number of anilines is 1. The van der Waals surface area contributed by atoms with Crippen molar-refractivity contribution in [3.05, 3.63) is 52.3 Å². The zero-order valence-corrected chi connectivity index (χ0v) is 12.1. The molecule has 0 saturated carbocycles. The monoisotopic (exact) mass is 339 g/mol. The third-order valence-corrected chi connectivity index (χ3v) is 3.16. The molecule has 0 aliphatic carbocycles. The van der Waals surface area contributed by atoms with Crippen LogP contribution in [-0.2, 0) is 4.74 Å². The van der Waals surface area contributed by atoms with E-state index in [2.05, 4.69) is 20.7 Å². The van der Waals surface area contributed by atoms with E-state index in [1.165, 1.54) is 37.4 Å². The van der Waals surface area contributed by atoms with Gasteiger partial charge in [-0.3, -0.25) is 0 Å². The zero-order valence-electron chi connectivity index (χ0n) is 10.5. The van der Waals surface area contributed by atoms with Gasteiger partial charge in [0.1, 0.15) is 17.3 Å². The summed E-state index contributed by atoms with van der Waals surface area (Å²) in [7, 11) is 1.29. The van der Waals surface area contributed by atoms with E-state index in [4.69, 9.17) is 10.5 Å². The van der Waals surface area contributed by atoms with Gasteiger partial charge in [-0.25, -0.2) is 9.18 Å². The van der Waals surface area contributed by atoms with Crippen LogP contribution in [0.5, 0.6) is 11.5 Å². The zero-order chi connectivity index (χ0) is 14.7. The first kappa shape index (κ1) is 14.3. The first-order valence-corrected chi connectivity index (χ1v) is 6.41. The molecule has 2 aromatic carbocycles. The molecule has 0 radical (unpaired) electrons. The fourth-order valence-electron chi connectivity index (χ4n) is 1.55. The van der Waals surface area contributed by atoms with Crippen molar-refractivity contribution in [1.29, 1.82) is 0 Å². The van der Waals surface area contributed by atoms with Crippen LogP contribution in [0.25, 0.3) is 0 Å². The second-order valence-electron chi connectivity index (χ2n) is 3.92. The molecule has 0 atom stereocenters. The molecule has 0 saturated heterocycles. The van der Waals surface area contributed by atoms with E-state index < -0.39 is 5.97 Å². The van der Waals surface area contributed by atoms with Crippen LogP contribution in [0.4, 0.5) is 10.1 Å². The molecule has 6 heteroatoms. The standard InChI is InChI=1S/C14H11BrFNO3/c1-19-14(18)8-2-5-13(12(17)6-8)20-9-3-4-11(16)10(15)7-9/h2-7H,17H2,1H3. The van der Waals surface area contributed by atoms with E-state index in [0.717, 1.165) is 0 Å². The molecule has 2 N–H and O–H groups in total. The molecule has 0 aliphatic rings. The number of nitrogen functional groups attached to an aromatic ring is 1. The minimum absolute atomic E-state index is 0.286. The van der Waals surface area contributed by atoms with Gasteiger partial charge in [-0.05, 0) is 52.3 Å². The molecule has 2 rings (SSSR count). The van der Waals surface area contributed by atoms with E-state index >= 15 is 0 Å². The Hall–Kier alpha value is -2.08. The Kier molecular flexibility index (Phi) is 4.24. The number of rotatable bonds is 3. The van der Waals surface area contributed by atoms with Gasteiger partial charge in [0.05, 0.1) is 22.8 Å². The number of ether oxygens (including phenoxy) is 2.